The summed E-state index contributed by atoms with van der Waals surface area (Å²) >= 11 is 0. The van der Waals surface area contributed by atoms with Gasteiger partial charge >= 0.3 is 5.97 Å². The molecule has 2 atom stereocenters. The highest BCUT2D eigenvalue weighted by Gasteiger charge is 2.35. The van der Waals surface area contributed by atoms with Crippen LogP contribution in [0.5, 0.6) is 0 Å². The molecule has 1 amide bonds. The minimum atomic E-state index is -0.833. The summed E-state index contributed by atoms with van der Waals surface area (Å²) in [6.45, 7) is 3.62. The summed E-state index contributed by atoms with van der Waals surface area (Å²) in [7, 11) is 3.68. The lowest BCUT2D eigenvalue weighted by atomic mass is 10.1. The smallest absolute Gasteiger partial charge is 0.320 e. The van der Waals surface area contributed by atoms with Gasteiger partial charge in [0.1, 0.15) is 6.04 Å². The van der Waals surface area contributed by atoms with Crippen LogP contribution in [-0.4, -0.2) is 66.1 Å². The van der Waals surface area contributed by atoms with Crippen LogP contribution in [0.15, 0.2) is 24.3 Å². The fourth-order valence-electron chi connectivity index (χ4n) is 2.97. The summed E-state index contributed by atoms with van der Waals surface area (Å²) in [6.07, 6.45) is 0.458. The molecule has 126 valence electrons. The normalized spacial score (nSPS) is 21.6. The van der Waals surface area contributed by atoms with Gasteiger partial charge in [0.2, 0.25) is 5.91 Å². The molecular formula is C17H25N3O3. The van der Waals surface area contributed by atoms with Crippen LogP contribution in [0, 0.1) is 6.92 Å². The molecule has 2 rings (SSSR count). The molecule has 1 aliphatic rings. The molecular weight excluding hydrogens is 294 g/mol. The highest BCUT2D eigenvalue weighted by atomic mass is 16.4. The third-order valence-electron chi connectivity index (χ3n) is 4.18. The number of likely N-dealkylation sites (tertiary alicyclic amines) is 1. The Kier molecular flexibility index (Phi) is 5.74. The van der Waals surface area contributed by atoms with Crippen molar-refractivity contribution in [2.45, 2.75) is 32.0 Å². The first-order chi connectivity index (χ1) is 10.8. The molecule has 1 saturated heterocycles. The van der Waals surface area contributed by atoms with Gasteiger partial charge in [0.25, 0.3) is 0 Å². The fraction of sp³-hybridized carbons (Fsp3) is 0.529. The molecule has 1 heterocycles. The Balaban J connectivity index is 1.78. The standard InChI is InChI=1S/C17H25N3O3/c1-12-4-6-13(7-5-12)9-19(2)11-16(21)18-14-8-15(17(22)23)20(3)10-14/h4-7,14-15H,8-11H2,1-3H3,(H,18,21)(H,22,23)/t14-,15-/m0/s1. The second kappa shape index (κ2) is 7.57. The second-order valence-electron chi connectivity index (χ2n) is 6.45. The van der Waals surface area contributed by atoms with E-state index in [2.05, 4.69) is 29.6 Å². The molecule has 1 aliphatic heterocycles. The fourth-order valence-corrected chi connectivity index (χ4v) is 2.97. The number of benzene rings is 1. The van der Waals surface area contributed by atoms with E-state index in [4.69, 9.17) is 5.11 Å². The van der Waals surface area contributed by atoms with Gasteiger partial charge in [-0.25, -0.2) is 0 Å². The molecule has 23 heavy (non-hydrogen) atoms. The van der Waals surface area contributed by atoms with Gasteiger partial charge in [0.15, 0.2) is 0 Å². The number of carbonyl (C=O) groups excluding carboxylic acids is 1. The van der Waals surface area contributed by atoms with Crippen LogP contribution in [-0.2, 0) is 16.1 Å². The van der Waals surface area contributed by atoms with E-state index in [-0.39, 0.29) is 11.9 Å². The van der Waals surface area contributed by atoms with Crippen molar-refractivity contribution in [3.05, 3.63) is 35.4 Å². The Morgan fingerprint density at radius 2 is 2.00 bits per heavy atom. The number of aliphatic carboxylic acids is 1. The highest BCUT2D eigenvalue weighted by Crippen LogP contribution is 2.15. The Morgan fingerprint density at radius 1 is 1.35 bits per heavy atom. The zero-order valence-electron chi connectivity index (χ0n) is 14.0. The zero-order chi connectivity index (χ0) is 17.0. The Morgan fingerprint density at radius 3 is 2.57 bits per heavy atom. The molecule has 0 aliphatic carbocycles. The second-order valence-corrected chi connectivity index (χ2v) is 6.45. The predicted octanol–water partition coefficient (Wildman–Crippen LogP) is 0.700. The quantitative estimate of drug-likeness (QED) is 0.807. The van der Waals surface area contributed by atoms with Crippen LogP contribution < -0.4 is 5.32 Å². The lowest BCUT2D eigenvalue weighted by Gasteiger charge is -2.18. The van der Waals surface area contributed by atoms with E-state index >= 15 is 0 Å². The first-order valence-corrected chi connectivity index (χ1v) is 7.81. The number of nitrogens with one attached hydrogen (secondary N) is 1. The van der Waals surface area contributed by atoms with Crippen molar-refractivity contribution in [3.8, 4) is 0 Å². The van der Waals surface area contributed by atoms with E-state index in [1.165, 1.54) is 5.56 Å². The van der Waals surface area contributed by atoms with Crippen LogP contribution in [0.4, 0.5) is 0 Å². The molecule has 0 aromatic heterocycles. The van der Waals surface area contributed by atoms with Gasteiger partial charge in [-0.15, -0.1) is 0 Å². The summed E-state index contributed by atoms with van der Waals surface area (Å²) in [4.78, 5) is 26.9. The molecule has 6 nitrogen and oxygen atoms in total. The third kappa shape index (κ3) is 5.04. The molecule has 0 bridgehead atoms. The van der Waals surface area contributed by atoms with E-state index in [0.717, 1.165) is 5.56 Å². The average Bonchev–Trinajstić information content (AvgIpc) is 2.82. The van der Waals surface area contributed by atoms with Crippen molar-refractivity contribution in [2.24, 2.45) is 0 Å². The van der Waals surface area contributed by atoms with E-state index in [0.29, 0.717) is 26.1 Å². The Bertz CT molecular complexity index is 559. The van der Waals surface area contributed by atoms with Gasteiger partial charge in [0.05, 0.1) is 6.54 Å². The Labute approximate surface area is 137 Å². The molecule has 0 unspecified atom stereocenters. The van der Waals surface area contributed by atoms with Crippen LogP contribution in [0.2, 0.25) is 0 Å². The van der Waals surface area contributed by atoms with Gasteiger partial charge in [-0.1, -0.05) is 29.8 Å². The topological polar surface area (TPSA) is 72.9 Å². The van der Waals surface area contributed by atoms with Crippen LogP contribution in [0.25, 0.3) is 0 Å². The number of rotatable bonds is 6. The number of likely N-dealkylation sites (N-methyl/N-ethyl adjacent to an activating group) is 2. The van der Waals surface area contributed by atoms with Crippen molar-refractivity contribution in [1.29, 1.82) is 0 Å². The number of amides is 1. The van der Waals surface area contributed by atoms with Crippen molar-refractivity contribution in [3.63, 3.8) is 0 Å². The highest BCUT2D eigenvalue weighted by molar-refractivity contribution is 5.79. The van der Waals surface area contributed by atoms with Crippen LogP contribution >= 0.6 is 0 Å². The number of nitrogens with zero attached hydrogens (tertiary/aromatic N) is 2. The summed E-state index contributed by atoms with van der Waals surface area (Å²) in [5.41, 5.74) is 2.38. The van der Waals surface area contributed by atoms with Crippen molar-refractivity contribution < 1.29 is 14.7 Å². The van der Waals surface area contributed by atoms with Gasteiger partial charge in [-0.05, 0) is 33.0 Å². The summed E-state index contributed by atoms with van der Waals surface area (Å²) in [5, 5.41) is 12.0. The van der Waals surface area contributed by atoms with Gasteiger partial charge in [-0.3, -0.25) is 19.4 Å². The molecule has 1 fully saturated rings. The van der Waals surface area contributed by atoms with E-state index in [1.807, 2.05) is 18.9 Å². The maximum Gasteiger partial charge on any atom is 0.320 e. The number of aryl methyl sites for hydroxylation is 1. The largest absolute Gasteiger partial charge is 0.480 e. The molecule has 1 aromatic rings. The molecule has 0 radical (unpaired) electrons. The SMILES string of the molecule is Cc1ccc(CN(C)CC(=O)N[C@H]2C[C@@H](C(=O)O)N(C)C2)cc1. The summed E-state index contributed by atoms with van der Waals surface area (Å²) in [5.74, 6) is -0.898. The average molecular weight is 319 g/mol. The van der Waals surface area contributed by atoms with Gasteiger partial charge < -0.3 is 10.4 Å². The molecule has 6 heteroatoms. The van der Waals surface area contributed by atoms with Gasteiger partial charge in [0, 0.05) is 19.1 Å². The number of hydrogen-bond acceptors (Lipinski definition) is 4. The first kappa shape index (κ1) is 17.4. The number of hydrogen-bond donors (Lipinski definition) is 2. The van der Waals surface area contributed by atoms with Crippen LogP contribution in [0.3, 0.4) is 0 Å². The zero-order valence-corrected chi connectivity index (χ0v) is 14.0. The van der Waals surface area contributed by atoms with Crippen molar-refractivity contribution in [2.75, 3.05) is 27.2 Å². The third-order valence-corrected chi connectivity index (χ3v) is 4.18. The number of carboxylic acids is 1. The number of carboxylic acid groups (broad SMARTS) is 1. The molecule has 0 spiro atoms. The van der Waals surface area contributed by atoms with Crippen molar-refractivity contribution >= 4 is 11.9 Å². The van der Waals surface area contributed by atoms with E-state index < -0.39 is 12.0 Å². The Hall–Kier alpha value is -1.92. The lowest BCUT2D eigenvalue weighted by Crippen LogP contribution is -2.41. The maximum absolute atomic E-state index is 12.1. The van der Waals surface area contributed by atoms with E-state index in [1.54, 1.807) is 11.9 Å². The summed E-state index contributed by atoms with van der Waals surface area (Å²) in [6, 6.07) is 7.64. The summed E-state index contributed by atoms with van der Waals surface area (Å²) < 4.78 is 0. The van der Waals surface area contributed by atoms with Crippen molar-refractivity contribution in [1.82, 2.24) is 15.1 Å². The minimum absolute atomic E-state index is 0.0657. The monoisotopic (exact) mass is 319 g/mol. The van der Waals surface area contributed by atoms with Crippen LogP contribution in [0.1, 0.15) is 17.5 Å². The predicted molar refractivity (Wildman–Crippen MR) is 88.1 cm³/mol. The van der Waals surface area contributed by atoms with Gasteiger partial charge in [-0.2, -0.15) is 0 Å². The maximum atomic E-state index is 12.1. The molecule has 2 N–H and O–H groups in total. The lowest BCUT2D eigenvalue weighted by molar-refractivity contribution is -0.141. The first-order valence-electron chi connectivity index (χ1n) is 7.81. The minimum Gasteiger partial charge on any atom is -0.480 e. The number of carbonyl (C=O) groups is 2. The molecule has 0 saturated carbocycles. The van der Waals surface area contributed by atoms with E-state index in [9.17, 15) is 9.59 Å². The molecule has 1 aromatic carbocycles.